The van der Waals surface area contributed by atoms with E-state index >= 15 is 0 Å². The number of carbonyl (C=O) groups excluding carboxylic acids is 2. The largest absolute Gasteiger partial charge is 0.305 e. The predicted octanol–water partition coefficient (Wildman–Crippen LogP) is 3.16. The van der Waals surface area contributed by atoms with Gasteiger partial charge in [-0.05, 0) is 19.3 Å². The highest BCUT2D eigenvalue weighted by atomic mass is 32.1. The maximum atomic E-state index is 12.3. The highest BCUT2D eigenvalue weighted by Gasteiger charge is 2.16. The van der Waals surface area contributed by atoms with E-state index in [4.69, 9.17) is 0 Å². The molecule has 0 unspecified atom stereocenters. The van der Waals surface area contributed by atoms with E-state index < -0.39 is 0 Å². The Morgan fingerprint density at radius 2 is 2.04 bits per heavy atom. The lowest BCUT2D eigenvalue weighted by Crippen LogP contribution is -2.18. The van der Waals surface area contributed by atoms with E-state index in [2.05, 4.69) is 41.5 Å². The van der Waals surface area contributed by atoms with Crippen LogP contribution in [0.2, 0.25) is 0 Å². The van der Waals surface area contributed by atoms with Gasteiger partial charge in [0.2, 0.25) is 5.91 Å². The summed E-state index contributed by atoms with van der Waals surface area (Å²) in [6, 6.07) is 1.95. The van der Waals surface area contributed by atoms with E-state index in [0.717, 1.165) is 6.42 Å². The fourth-order valence-electron chi connectivity index (χ4n) is 2.31. The highest BCUT2D eigenvalue weighted by Crippen LogP contribution is 2.22. The zero-order chi connectivity index (χ0) is 17.0. The summed E-state index contributed by atoms with van der Waals surface area (Å²) in [4.78, 5) is 27.4. The molecule has 23 heavy (non-hydrogen) atoms. The molecular weight excluding hydrogens is 314 g/mol. The molecule has 0 aliphatic heterocycles. The van der Waals surface area contributed by atoms with E-state index in [1.165, 1.54) is 18.3 Å². The third kappa shape index (κ3) is 4.62. The Balaban J connectivity index is 2.07. The van der Waals surface area contributed by atoms with Crippen LogP contribution in [0.5, 0.6) is 0 Å². The van der Waals surface area contributed by atoms with E-state index in [1.54, 1.807) is 22.3 Å². The second kappa shape index (κ2) is 7.36. The first-order valence-electron chi connectivity index (χ1n) is 7.44. The molecule has 0 radical (unpaired) electrons. The monoisotopic (exact) mass is 335 g/mol. The van der Waals surface area contributed by atoms with Crippen molar-refractivity contribution in [2.45, 2.75) is 40.2 Å². The number of nitrogens with one attached hydrogen (secondary N) is 2. The van der Waals surface area contributed by atoms with Crippen molar-refractivity contribution in [3.8, 4) is 0 Å². The van der Waals surface area contributed by atoms with Crippen LogP contribution in [0.1, 0.15) is 50.6 Å². The van der Waals surface area contributed by atoms with Gasteiger partial charge in [-0.15, -0.1) is 11.3 Å². The minimum atomic E-state index is -0.323. The van der Waals surface area contributed by atoms with Crippen LogP contribution in [0.25, 0.3) is 0 Å². The van der Waals surface area contributed by atoms with Gasteiger partial charge >= 0.3 is 0 Å². The SMILES string of the molecule is CC(=O)Nc1nc(C(=O)Nc2ccnn2[C@H](C)CC(C)C)cs1. The number of carbonyl (C=O) groups is 2. The van der Waals surface area contributed by atoms with Crippen molar-refractivity contribution in [2.24, 2.45) is 5.92 Å². The van der Waals surface area contributed by atoms with Crippen LogP contribution < -0.4 is 10.6 Å². The summed E-state index contributed by atoms with van der Waals surface area (Å²) in [5.74, 6) is 0.636. The van der Waals surface area contributed by atoms with Gasteiger partial charge in [0, 0.05) is 18.4 Å². The quantitative estimate of drug-likeness (QED) is 0.848. The second-order valence-corrected chi connectivity index (χ2v) is 6.67. The van der Waals surface area contributed by atoms with Crippen LogP contribution in [-0.4, -0.2) is 26.6 Å². The molecule has 7 nitrogen and oxygen atoms in total. The van der Waals surface area contributed by atoms with Crippen molar-refractivity contribution in [3.05, 3.63) is 23.3 Å². The Morgan fingerprint density at radius 3 is 2.70 bits per heavy atom. The Labute approximate surface area is 139 Å². The molecule has 0 aliphatic carbocycles. The van der Waals surface area contributed by atoms with Crippen molar-refractivity contribution in [1.82, 2.24) is 14.8 Å². The first-order valence-corrected chi connectivity index (χ1v) is 8.32. The number of thiazole rings is 1. The van der Waals surface area contributed by atoms with Crippen LogP contribution in [0.4, 0.5) is 10.9 Å². The third-order valence-corrected chi connectivity index (χ3v) is 3.92. The van der Waals surface area contributed by atoms with Crippen molar-refractivity contribution in [2.75, 3.05) is 10.6 Å². The minimum absolute atomic E-state index is 0.186. The van der Waals surface area contributed by atoms with Gasteiger partial charge in [-0.1, -0.05) is 13.8 Å². The lowest BCUT2D eigenvalue weighted by Gasteiger charge is -2.17. The first-order chi connectivity index (χ1) is 10.9. The van der Waals surface area contributed by atoms with Crippen molar-refractivity contribution < 1.29 is 9.59 Å². The Kier molecular flexibility index (Phi) is 5.49. The zero-order valence-electron chi connectivity index (χ0n) is 13.7. The summed E-state index contributed by atoms with van der Waals surface area (Å²) in [5, 5.41) is 11.7. The number of nitrogens with zero attached hydrogens (tertiary/aromatic N) is 3. The van der Waals surface area contributed by atoms with Crippen LogP contribution in [-0.2, 0) is 4.79 Å². The Morgan fingerprint density at radius 1 is 1.30 bits per heavy atom. The molecule has 1 atom stereocenters. The Hall–Kier alpha value is -2.22. The van der Waals surface area contributed by atoms with Gasteiger partial charge in [0.15, 0.2) is 5.13 Å². The minimum Gasteiger partial charge on any atom is -0.305 e. The lowest BCUT2D eigenvalue weighted by atomic mass is 10.1. The molecule has 0 aromatic carbocycles. The summed E-state index contributed by atoms with van der Waals surface area (Å²) < 4.78 is 1.80. The summed E-state index contributed by atoms with van der Waals surface area (Å²) in [5.41, 5.74) is 0.267. The number of amides is 2. The van der Waals surface area contributed by atoms with Gasteiger partial charge in [0.05, 0.1) is 12.2 Å². The number of rotatable bonds is 6. The number of anilines is 2. The summed E-state index contributed by atoms with van der Waals surface area (Å²) >= 11 is 1.21. The maximum absolute atomic E-state index is 12.3. The normalized spacial score (nSPS) is 12.2. The summed E-state index contributed by atoms with van der Waals surface area (Å²) in [7, 11) is 0. The molecule has 2 rings (SSSR count). The highest BCUT2D eigenvalue weighted by molar-refractivity contribution is 7.14. The summed E-state index contributed by atoms with van der Waals surface area (Å²) in [6.45, 7) is 7.77. The van der Waals surface area contributed by atoms with Crippen molar-refractivity contribution in [1.29, 1.82) is 0 Å². The molecule has 2 heterocycles. The van der Waals surface area contributed by atoms with Crippen LogP contribution in [0, 0.1) is 5.92 Å². The molecule has 0 bridgehead atoms. The topological polar surface area (TPSA) is 88.9 Å². The molecule has 8 heteroatoms. The van der Waals surface area contributed by atoms with Gasteiger partial charge < -0.3 is 10.6 Å². The first kappa shape index (κ1) is 17.1. The molecule has 0 fully saturated rings. The van der Waals surface area contributed by atoms with Gasteiger partial charge in [-0.2, -0.15) is 5.10 Å². The lowest BCUT2D eigenvalue weighted by molar-refractivity contribution is -0.114. The summed E-state index contributed by atoms with van der Waals surface area (Å²) in [6.07, 6.45) is 2.63. The van der Waals surface area contributed by atoms with Crippen molar-refractivity contribution >= 4 is 34.1 Å². The molecule has 0 saturated heterocycles. The van der Waals surface area contributed by atoms with Crippen LogP contribution >= 0.6 is 11.3 Å². The molecule has 0 spiro atoms. The molecule has 2 N–H and O–H groups in total. The molecule has 2 amide bonds. The average molecular weight is 335 g/mol. The number of aromatic nitrogens is 3. The number of hydrogen-bond acceptors (Lipinski definition) is 5. The van der Waals surface area contributed by atoms with Gasteiger partial charge in [-0.3, -0.25) is 9.59 Å². The smallest absolute Gasteiger partial charge is 0.276 e. The maximum Gasteiger partial charge on any atom is 0.276 e. The number of hydrogen-bond donors (Lipinski definition) is 2. The Bertz CT molecular complexity index is 692. The third-order valence-electron chi connectivity index (χ3n) is 3.16. The van der Waals surface area contributed by atoms with E-state index in [0.29, 0.717) is 16.9 Å². The zero-order valence-corrected chi connectivity index (χ0v) is 14.5. The van der Waals surface area contributed by atoms with Gasteiger partial charge in [-0.25, -0.2) is 9.67 Å². The van der Waals surface area contributed by atoms with Gasteiger partial charge in [0.1, 0.15) is 11.5 Å². The molecule has 0 aliphatic rings. The van der Waals surface area contributed by atoms with Crippen LogP contribution in [0.3, 0.4) is 0 Å². The molecule has 2 aromatic rings. The van der Waals surface area contributed by atoms with Crippen molar-refractivity contribution in [3.63, 3.8) is 0 Å². The van der Waals surface area contributed by atoms with E-state index in [9.17, 15) is 9.59 Å². The fourth-order valence-corrected chi connectivity index (χ4v) is 3.05. The van der Waals surface area contributed by atoms with Gasteiger partial charge in [0.25, 0.3) is 5.91 Å². The van der Waals surface area contributed by atoms with Crippen LogP contribution in [0.15, 0.2) is 17.6 Å². The second-order valence-electron chi connectivity index (χ2n) is 5.81. The standard InChI is InChI=1S/C15H21N5O2S/c1-9(2)7-10(3)20-13(5-6-16-20)19-14(22)12-8-23-15(18-12)17-11(4)21/h5-6,8-10H,7H2,1-4H3,(H,19,22)(H,17,18,21)/t10-/m1/s1. The predicted molar refractivity (Wildman–Crippen MR) is 90.8 cm³/mol. The van der Waals surface area contributed by atoms with E-state index in [-0.39, 0.29) is 23.6 Å². The molecule has 2 aromatic heterocycles. The molecule has 124 valence electrons. The molecule has 0 saturated carbocycles. The molecular formula is C15H21N5O2S. The van der Waals surface area contributed by atoms with E-state index in [1.807, 2.05) is 0 Å². The average Bonchev–Trinajstić information content (AvgIpc) is 3.06. The fraction of sp³-hybridized carbons (Fsp3) is 0.467.